The summed E-state index contributed by atoms with van der Waals surface area (Å²) in [6, 6.07) is 12.3. The molecule has 1 aromatic carbocycles. The van der Waals surface area contributed by atoms with Crippen LogP contribution in [0.4, 0.5) is 16.0 Å². The zero-order chi connectivity index (χ0) is 24.5. The maximum Gasteiger partial charge on any atom is 0.255 e. The van der Waals surface area contributed by atoms with E-state index in [0.29, 0.717) is 43.4 Å². The van der Waals surface area contributed by atoms with Gasteiger partial charge in [-0.1, -0.05) is 12.1 Å². The molecule has 2 aromatic heterocycles. The second kappa shape index (κ2) is 9.75. The number of anilines is 2. The molecule has 2 fully saturated rings. The fourth-order valence-corrected chi connectivity index (χ4v) is 5.00. The third-order valence-electron chi connectivity index (χ3n) is 6.70. The number of piperazine rings is 1. The Kier molecular flexibility index (Phi) is 6.53. The summed E-state index contributed by atoms with van der Waals surface area (Å²) in [5.74, 6) is -0.00940. The van der Waals surface area contributed by atoms with Crippen LogP contribution in [0.1, 0.15) is 25.5 Å². The minimum Gasteiger partial charge on any atom is -0.370 e. The van der Waals surface area contributed by atoms with Crippen molar-refractivity contribution in [3.8, 4) is 11.3 Å². The van der Waals surface area contributed by atoms with Gasteiger partial charge in [0.15, 0.2) is 5.82 Å². The topological polar surface area (TPSA) is 75.5 Å². The summed E-state index contributed by atoms with van der Waals surface area (Å²) in [4.78, 5) is 25.6. The van der Waals surface area contributed by atoms with E-state index in [-0.39, 0.29) is 17.2 Å². The molecule has 0 saturated carbocycles. The number of morpholine rings is 1. The van der Waals surface area contributed by atoms with E-state index in [9.17, 15) is 9.18 Å². The highest BCUT2D eigenvalue weighted by Gasteiger charge is 2.26. The van der Waals surface area contributed by atoms with Crippen molar-refractivity contribution < 1.29 is 9.13 Å². The first kappa shape index (κ1) is 23.4. The Morgan fingerprint density at radius 1 is 1.06 bits per heavy atom. The second-order valence-corrected chi connectivity index (χ2v) is 9.46. The molecule has 0 amide bonds. The third-order valence-corrected chi connectivity index (χ3v) is 6.70. The molecule has 8 nitrogen and oxygen atoms in total. The highest BCUT2D eigenvalue weighted by molar-refractivity contribution is 5.60. The van der Waals surface area contributed by atoms with Crippen LogP contribution in [0, 0.1) is 5.82 Å². The molecule has 0 spiro atoms. The van der Waals surface area contributed by atoms with E-state index in [1.54, 1.807) is 7.05 Å². The van der Waals surface area contributed by atoms with Gasteiger partial charge in [0.25, 0.3) is 5.56 Å². The van der Waals surface area contributed by atoms with Crippen molar-refractivity contribution in [2.45, 2.75) is 32.0 Å². The van der Waals surface area contributed by atoms with Crippen LogP contribution in [-0.2, 0) is 11.8 Å². The predicted molar refractivity (Wildman–Crippen MR) is 134 cm³/mol. The normalized spacial score (nSPS) is 22.9. The molecule has 0 unspecified atom stereocenters. The molecule has 0 radical (unpaired) electrons. The monoisotopic (exact) mass is 478 g/mol. The van der Waals surface area contributed by atoms with Gasteiger partial charge in [-0.25, -0.2) is 9.37 Å². The molecule has 2 saturated heterocycles. The van der Waals surface area contributed by atoms with Crippen LogP contribution in [0.3, 0.4) is 0 Å². The fourth-order valence-electron chi connectivity index (χ4n) is 5.00. The Labute approximate surface area is 204 Å². The van der Waals surface area contributed by atoms with Gasteiger partial charge in [0, 0.05) is 62.3 Å². The smallest absolute Gasteiger partial charge is 0.255 e. The molecule has 0 bridgehead atoms. The van der Waals surface area contributed by atoms with Crippen LogP contribution < -0.4 is 20.7 Å². The summed E-state index contributed by atoms with van der Waals surface area (Å²) in [6.45, 7) is 8.01. The maximum absolute atomic E-state index is 14.3. The molecule has 2 aliphatic heterocycles. The quantitative estimate of drug-likeness (QED) is 0.618. The summed E-state index contributed by atoms with van der Waals surface area (Å²) < 4.78 is 21.9. The lowest BCUT2D eigenvalue weighted by Crippen LogP contribution is -2.54. The van der Waals surface area contributed by atoms with Crippen molar-refractivity contribution in [3.05, 3.63) is 70.5 Å². The number of hydrogen-bond donors (Lipinski definition) is 1. The second-order valence-electron chi connectivity index (χ2n) is 9.46. The largest absolute Gasteiger partial charge is 0.370 e. The molecule has 0 aliphatic carbocycles. The number of pyridine rings is 1. The summed E-state index contributed by atoms with van der Waals surface area (Å²) >= 11 is 0. The van der Waals surface area contributed by atoms with E-state index in [1.807, 2.05) is 4.90 Å². The number of halogens is 1. The lowest BCUT2D eigenvalue weighted by atomic mass is 10.1. The lowest BCUT2D eigenvalue weighted by molar-refractivity contribution is 0.0390. The van der Waals surface area contributed by atoms with Gasteiger partial charge in [0.1, 0.15) is 6.10 Å². The average molecular weight is 479 g/mol. The van der Waals surface area contributed by atoms with Crippen molar-refractivity contribution in [2.24, 2.45) is 7.05 Å². The van der Waals surface area contributed by atoms with Gasteiger partial charge in [-0.2, -0.15) is 0 Å². The molecule has 9 heteroatoms. The van der Waals surface area contributed by atoms with Crippen LogP contribution in [0.25, 0.3) is 11.3 Å². The minimum absolute atomic E-state index is 0.156. The Bertz CT molecular complexity index is 1240. The van der Waals surface area contributed by atoms with Crippen LogP contribution in [0.15, 0.2) is 53.6 Å². The highest BCUT2D eigenvalue weighted by Crippen LogP contribution is 2.28. The Hall–Kier alpha value is -3.30. The molecule has 3 aromatic rings. The number of rotatable bonds is 4. The number of hydrogen-bond acceptors (Lipinski definition) is 7. The van der Waals surface area contributed by atoms with Gasteiger partial charge in [-0.05, 0) is 37.6 Å². The highest BCUT2D eigenvalue weighted by atomic mass is 19.1. The third kappa shape index (κ3) is 4.92. The zero-order valence-electron chi connectivity index (χ0n) is 20.3. The van der Waals surface area contributed by atoms with Crippen molar-refractivity contribution in [1.82, 2.24) is 19.9 Å². The number of nitrogens with zero attached hydrogens (tertiary/aromatic N) is 5. The molecule has 2 aliphatic rings. The first-order chi connectivity index (χ1) is 16.9. The zero-order valence-corrected chi connectivity index (χ0v) is 20.3. The van der Waals surface area contributed by atoms with Gasteiger partial charge < -0.3 is 19.9 Å². The van der Waals surface area contributed by atoms with E-state index in [4.69, 9.17) is 4.74 Å². The number of aromatic nitrogens is 3. The van der Waals surface area contributed by atoms with E-state index >= 15 is 0 Å². The van der Waals surface area contributed by atoms with E-state index < -0.39 is 5.82 Å². The molecule has 3 atom stereocenters. The summed E-state index contributed by atoms with van der Waals surface area (Å²) in [5, 5.41) is 3.57. The molecule has 184 valence electrons. The summed E-state index contributed by atoms with van der Waals surface area (Å²) in [5.41, 5.74) is 2.60. The van der Waals surface area contributed by atoms with Gasteiger partial charge in [0.2, 0.25) is 5.95 Å². The average Bonchev–Trinajstić information content (AvgIpc) is 2.85. The first-order valence-electron chi connectivity index (χ1n) is 12.0. The molecule has 35 heavy (non-hydrogen) atoms. The SMILES string of the molecule is C[C@@H]1CN(c2ccc([C@H]3CN(c4nc(-c5ccncc5F)cc(=O)n4C)CCO3)cc2)C[C@H](C)N1. The van der Waals surface area contributed by atoms with E-state index in [0.717, 1.165) is 24.8 Å². The number of benzene rings is 1. The van der Waals surface area contributed by atoms with Gasteiger partial charge >= 0.3 is 0 Å². The summed E-state index contributed by atoms with van der Waals surface area (Å²) in [7, 11) is 1.69. The Morgan fingerprint density at radius 2 is 1.80 bits per heavy atom. The van der Waals surface area contributed by atoms with E-state index in [1.165, 1.54) is 28.6 Å². The molecule has 1 N–H and O–H groups in total. The number of ether oxygens (including phenoxy) is 1. The van der Waals surface area contributed by atoms with Gasteiger partial charge in [-0.15, -0.1) is 0 Å². The fraction of sp³-hybridized carbons (Fsp3) is 0.423. The van der Waals surface area contributed by atoms with Crippen LogP contribution in [0.2, 0.25) is 0 Å². The van der Waals surface area contributed by atoms with Crippen molar-refractivity contribution in [1.29, 1.82) is 0 Å². The van der Waals surface area contributed by atoms with Crippen LogP contribution >= 0.6 is 0 Å². The predicted octanol–water partition coefficient (Wildman–Crippen LogP) is 2.75. The lowest BCUT2D eigenvalue weighted by Gasteiger charge is -2.38. The first-order valence-corrected chi connectivity index (χ1v) is 12.0. The molecule has 4 heterocycles. The van der Waals surface area contributed by atoms with Gasteiger partial charge in [-0.3, -0.25) is 14.3 Å². The Balaban J connectivity index is 1.37. The van der Waals surface area contributed by atoms with E-state index in [2.05, 4.69) is 58.3 Å². The van der Waals surface area contributed by atoms with Crippen molar-refractivity contribution in [2.75, 3.05) is 42.6 Å². The van der Waals surface area contributed by atoms with Crippen LogP contribution in [-0.4, -0.2) is 59.4 Å². The number of nitrogens with one attached hydrogen (secondary N) is 1. The van der Waals surface area contributed by atoms with Crippen molar-refractivity contribution >= 4 is 11.6 Å². The standard InChI is InChI=1S/C26H31FN6O2/c1-17-14-33(15-18(2)29-17)20-6-4-19(5-7-20)24-16-32(10-11-35-24)26-30-23(12-25(34)31(26)3)21-8-9-28-13-22(21)27/h4-9,12-13,17-18,24,29H,10-11,14-16H2,1-3H3/t17-,18+,24-/m1/s1. The summed E-state index contributed by atoms with van der Waals surface area (Å²) in [6.07, 6.45) is 2.47. The van der Waals surface area contributed by atoms with Gasteiger partial charge in [0.05, 0.1) is 25.0 Å². The Morgan fingerprint density at radius 3 is 2.51 bits per heavy atom. The maximum atomic E-state index is 14.3. The molecular weight excluding hydrogens is 447 g/mol. The minimum atomic E-state index is -0.507. The molecule has 5 rings (SSSR count). The van der Waals surface area contributed by atoms with Crippen molar-refractivity contribution in [3.63, 3.8) is 0 Å². The molecular formula is C26H31FN6O2. The van der Waals surface area contributed by atoms with Crippen LogP contribution in [0.5, 0.6) is 0 Å².